The molecular formula is C17H28BrNO2. The average Bonchev–Trinajstić information content (AvgIpc) is 2.49. The maximum Gasteiger partial charge on any atom is 0.0945 e. The van der Waals surface area contributed by atoms with E-state index in [0.717, 1.165) is 29.6 Å². The maximum absolute atomic E-state index is 9.93. The summed E-state index contributed by atoms with van der Waals surface area (Å²) in [5, 5.41) is 13.2. The lowest BCUT2D eigenvalue weighted by atomic mass is 10.1. The molecule has 1 rings (SSSR count). The van der Waals surface area contributed by atoms with Gasteiger partial charge in [-0.25, -0.2) is 0 Å². The number of aryl methyl sites for hydroxylation is 1. The lowest BCUT2D eigenvalue weighted by molar-refractivity contribution is 0.0416. The Morgan fingerprint density at radius 1 is 1.24 bits per heavy atom. The van der Waals surface area contributed by atoms with E-state index in [9.17, 15) is 5.11 Å². The number of nitrogens with one attached hydrogen (secondary N) is 1. The zero-order valence-corrected chi connectivity index (χ0v) is 14.8. The van der Waals surface area contributed by atoms with Crippen molar-refractivity contribution in [2.24, 2.45) is 0 Å². The SMILES string of the molecule is CCCCCCOCC(O)CNc1ccc(Br)cc1CC. The van der Waals surface area contributed by atoms with Gasteiger partial charge in [0.05, 0.1) is 12.7 Å². The Kier molecular flexibility index (Phi) is 9.72. The third-order valence-corrected chi connectivity index (χ3v) is 3.92. The van der Waals surface area contributed by atoms with Gasteiger partial charge in [0.25, 0.3) is 0 Å². The number of rotatable bonds is 11. The summed E-state index contributed by atoms with van der Waals surface area (Å²) in [4.78, 5) is 0. The smallest absolute Gasteiger partial charge is 0.0945 e. The van der Waals surface area contributed by atoms with Crippen LogP contribution in [0.1, 0.15) is 45.1 Å². The first-order chi connectivity index (χ1) is 10.2. The summed E-state index contributed by atoms with van der Waals surface area (Å²) in [5.74, 6) is 0. The first kappa shape index (κ1) is 18.5. The predicted molar refractivity (Wildman–Crippen MR) is 93.0 cm³/mol. The summed E-state index contributed by atoms with van der Waals surface area (Å²) in [6.45, 7) is 5.99. The van der Waals surface area contributed by atoms with E-state index in [0.29, 0.717) is 13.2 Å². The van der Waals surface area contributed by atoms with Crippen molar-refractivity contribution in [3.8, 4) is 0 Å². The van der Waals surface area contributed by atoms with Gasteiger partial charge in [0.15, 0.2) is 0 Å². The minimum Gasteiger partial charge on any atom is -0.389 e. The molecule has 0 heterocycles. The van der Waals surface area contributed by atoms with Crippen LogP contribution < -0.4 is 5.32 Å². The van der Waals surface area contributed by atoms with Crippen LogP contribution in [0, 0.1) is 0 Å². The maximum atomic E-state index is 9.93. The van der Waals surface area contributed by atoms with Gasteiger partial charge in [-0.05, 0) is 36.6 Å². The standard InChI is InChI=1S/C17H28BrNO2/c1-3-5-6-7-10-21-13-16(20)12-19-17-9-8-15(18)11-14(17)4-2/h8-9,11,16,19-20H,3-7,10,12-13H2,1-2H3. The number of hydrogen-bond acceptors (Lipinski definition) is 3. The van der Waals surface area contributed by atoms with Crippen molar-refractivity contribution < 1.29 is 9.84 Å². The van der Waals surface area contributed by atoms with Gasteiger partial charge in [-0.3, -0.25) is 0 Å². The molecule has 2 N–H and O–H groups in total. The first-order valence-electron chi connectivity index (χ1n) is 7.95. The van der Waals surface area contributed by atoms with Gasteiger partial charge in [0, 0.05) is 23.3 Å². The van der Waals surface area contributed by atoms with Crippen LogP contribution >= 0.6 is 15.9 Å². The van der Waals surface area contributed by atoms with E-state index < -0.39 is 6.10 Å². The molecule has 0 aliphatic carbocycles. The fourth-order valence-electron chi connectivity index (χ4n) is 2.16. The molecule has 3 nitrogen and oxygen atoms in total. The molecule has 1 aromatic rings. The molecule has 4 heteroatoms. The molecule has 0 spiro atoms. The van der Waals surface area contributed by atoms with Crippen molar-refractivity contribution in [1.29, 1.82) is 0 Å². The second-order valence-electron chi connectivity index (χ2n) is 5.33. The monoisotopic (exact) mass is 357 g/mol. The predicted octanol–water partition coefficient (Wildman–Crippen LogP) is 4.38. The molecular weight excluding hydrogens is 330 g/mol. The second kappa shape index (κ2) is 11.0. The lowest BCUT2D eigenvalue weighted by Crippen LogP contribution is -2.25. The Balaban J connectivity index is 2.22. The van der Waals surface area contributed by atoms with Crippen LogP contribution in [0.5, 0.6) is 0 Å². The van der Waals surface area contributed by atoms with Gasteiger partial charge in [0.2, 0.25) is 0 Å². The van der Waals surface area contributed by atoms with Crippen molar-refractivity contribution in [2.45, 2.75) is 52.1 Å². The molecule has 0 fully saturated rings. The lowest BCUT2D eigenvalue weighted by Gasteiger charge is -2.15. The van der Waals surface area contributed by atoms with Crippen molar-refractivity contribution in [2.75, 3.05) is 25.1 Å². The van der Waals surface area contributed by atoms with E-state index in [1.807, 2.05) is 12.1 Å². The van der Waals surface area contributed by atoms with Crippen LogP contribution in [0.2, 0.25) is 0 Å². The molecule has 0 saturated carbocycles. The molecule has 0 aromatic heterocycles. The third kappa shape index (κ3) is 7.84. The molecule has 0 amide bonds. The molecule has 1 unspecified atom stereocenters. The fraction of sp³-hybridized carbons (Fsp3) is 0.647. The van der Waals surface area contributed by atoms with E-state index >= 15 is 0 Å². The van der Waals surface area contributed by atoms with E-state index in [1.165, 1.54) is 24.8 Å². The van der Waals surface area contributed by atoms with E-state index in [1.54, 1.807) is 0 Å². The average molecular weight is 358 g/mol. The molecule has 0 aliphatic rings. The van der Waals surface area contributed by atoms with Crippen LogP contribution in [0.4, 0.5) is 5.69 Å². The number of benzene rings is 1. The van der Waals surface area contributed by atoms with Gasteiger partial charge in [-0.2, -0.15) is 0 Å². The topological polar surface area (TPSA) is 41.5 Å². The van der Waals surface area contributed by atoms with Crippen molar-refractivity contribution in [1.82, 2.24) is 0 Å². The zero-order chi connectivity index (χ0) is 15.5. The fourth-order valence-corrected chi connectivity index (χ4v) is 2.57. The molecule has 0 aliphatic heterocycles. The normalized spacial score (nSPS) is 12.4. The highest BCUT2D eigenvalue weighted by atomic mass is 79.9. The molecule has 120 valence electrons. The Morgan fingerprint density at radius 2 is 2.05 bits per heavy atom. The molecule has 1 aromatic carbocycles. The van der Waals surface area contributed by atoms with Crippen molar-refractivity contribution >= 4 is 21.6 Å². The number of aliphatic hydroxyl groups is 1. The Morgan fingerprint density at radius 3 is 2.76 bits per heavy atom. The summed E-state index contributed by atoms with van der Waals surface area (Å²) in [6, 6.07) is 6.16. The van der Waals surface area contributed by atoms with Gasteiger partial charge in [-0.15, -0.1) is 0 Å². The number of unbranched alkanes of at least 4 members (excludes halogenated alkanes) is 3. The highest BCUT2D eigenvalue weighted by molar-refractivity contribution is 9.10. The van der Waals surface area contributed by atoms with E-state index in [4.69, 9.17) is 4.74 Å². The van der Waals surface area contributed by atoms with Crippen molar-refractivity contribution in [3.05, 3.63) is 28.2 Å². The zero-order valence-electron chi connectivity index (χ0n) is 13.2. The summed E-state index contributed by atoms with van der Waals surface area (Å²) in [5.41, 5.74) is 2.33. The number of aliphatic hydroxyl groups excluding tert-OH is 1. The molecule has 0 radical (unpaired) electrons. The Hall–Kier alpha value is -0.580. The summed E-state index contributed by atoms with van der Waals surface area (Å²) in [7, 11) is 0. The molecule has 21 heavy (non-hydrogen) atoms. The third-order valence-electron chi connectivity index (χ3n) is 3.43. The summed E-state index contributed by atoms with van der Waals surface area (Å²) >= 11 is 3.48. The van der Waals surface area contributed by atoms with Gasteiger partial charge < -0.3 is 15.2 Å². The Bertz CT molecular complexity index is 398. The van der Waals surface area contributed by atoms with E-state index in [-0.39, 0.29) is 0 Å². The number of anilines is 1. The summed E-state index contributed by atoms with van der Waals surface area (Å²) < 4.78 is 6.59. The van der Waals surface area contributed by atoms with Gasteiger partial charge in [-0.1, -0.05) is 49.0 Å². The van der Waals surface area contributed by atoms with Crippen LogP contribution in [-0.2, 0) is 11.2 Å². The second-order valence-corrected chi connectivity index (χ2v) is 6.24. The van der Waals surface area contributed by atoms with Crippen LogP contribution in [0.25, 0.3) is 0 Å². The van der Waals surface area contributed by atoms with Crippen LogP contribution in [0.3, 0.4) is 0 Å². The quantitative estimate of drug-likeness (QED) is 0.577. The van der Waals surface area contributed by atoms with Crippen LogP contribution in [-0.4, -0.2) is 31.0 Å². The minimum absolute atomic E-state index is 0.400. The first-order valence-corrected chi connectivity index (χ1v) is 8.74. The van der Waals surface area contributed by atoms with Gasteiger partial charge >= 0.3 is 0 Å². The minimum atomic E-state index is -0.468. The highest BCUT2D eigenvalue weighted by Gasteiger charge is 2.06. The highest BCUT2D eigenvalue weighted by Crippen LogP contribution is 2.21. The number of ether oxygens (including phenoxy) is 1. The summed E-state index contributed by atoms with van der Waals surface area (Å²) in [6.07, 6.45) is 5.29. The largest absolute Gasteiger partial charge is 0.389 e. The molecule has 0 saturated heterocycles. The van der Waals surface area contributed by atoms with Crippen LogP contribution in [0.15, 0.2) is 22.7 Å². The molecule has 1 atom stereocenters. The Labute approximate surface area is 137 Å². The number of hydrogen-bond donors (Lipinski definition) is 2. The van der Waals surface area contributed by atoms with Crippen molar-refractivity contribution in [3.63, 3.8) is 0 Å². The number of halogens is 1. The van der Waals surface area contributed by atoms with E-state index in [2.05, 4.69) is 41.2 Å². The molecule has 0 bridgehead atoms. The van der Waals surface area contributed by atoms with Gasteiger partial charge in [0.1, 0.15) is 0 Å².